The highest BCUT2D eigenvalue weighted by atomic mass is 19.4. The molecule has 1 unspecified atom stereocenters. The Balaban J connectivity index is 2.10. The number of alkyl halides is 3. The number of hydrogen-bond acceptors (Lipinski definition) is 5. The minimum Gasteiger partial charge on any atom is -0.376 e. The molecule has 1 aromatic rings. The van der Waals surface area contributed by atoms with Gasteiger partial charge in [-0.25, -0.2) is 0 Å². The first kappa shape index (κ1) is 17.2. The van der Waals surface area contributed by atoms with Gasteiger partial charge in [0.05, 0.1) is 11.0 Å². The maximum atomic E-state index is 12.8. The second-order valence-corrected chi connectivity index (χ2v) is 5.13. The minimum atomic E-state index is -4.97. The predicted octanol–water partition coefficient (Wildman–Crippen LogP) is 1.41. The molecule has 128 valence electrons. The molecule has 23 heavy (non-hydrogen) atoms. The van der Waals surface area contributed by atoms with Crippen molar-refractivity contribution < 1.29 is 27.6 Å². The summed E-state index contributed by atoms with van der Waals surface area (Å²) in [6.45, 7) is 1.44. The summed E-state index contributed by atoms with van der Waals surface area (Å²) in [4.78, 5) is 21.5. The number of halogens is 3. The smallest absolute Gasteiger partial charge is 0.376 e. The maximum Gasteiger partial charge on any atom is 0.442 e. The fourth-order valence-corrected chi connectivity index (χ4v) is 2.33. The van der Waals surface area contributed by atoms with E-state index in [0.717, 1.165) is 19.8 Å². The number of nitro groups is 1. The van der Waals surface area contributed by atoms with Gasteiger partial charge in [0.1, 0.15) is 12.2 Å². The highest BCUT2D eigenvalue weighted by Gasteiger charge is 2.44. The lowest BCUT2D eigenvalue weighted by Crippen LogP contribution is -2.34. The molecule has 2 heterocycles. The number of hydrogen-bond donors (Lipinski definition) is 1. The molecule has 0 spiro atoms. The fraction of sp³-hybridized carbons (Fsp3) is 0.667. The molecule has 1 fully saturated rings. The van der Waals surface area contributed by atoms with Crippen LogP contribution in [-0.4, -0.2) is 39.9 Å². The molecule has 2 rings (SSSR count). The lowest BCUT2D eigenvalue weighted by Gasteiger charge is -2.11. The van der Waals surface area contributed by atoms with Crippen molar-refractivity contribution in [1.29, 1.82) is 0 Å². The third-order valence-electron chi connectivity index (χ3n) is 3.47. The zero-order valence-electron chi connectivity index (χ0n) is 12.2. The average Bonchev–Trinajstić information content (AvgIpc) is 3.04. The first-order valence-electron chi connectivity index (χ1n) is 6.87. The van der Waals surface area contributed by atoms with Crippen molar-refractivity contribution >= 4 is 11.6 Å². The van der Waals surface area contributed by atoms with Crippen LogP contribution in [-0.2, 0) is 22.3 Å². The molecule has 1 saturated heterocycles. The molecule has 0 aromatic carbocycles. The first-order valence-corrected chi connectivity index (χ1v) is 6.87. The standard InChI is InChI=1S/C12H15F3N4O4/c1-7-10(19(21)22)11(12(13,14)15)17-18(7)6-9(20)16-5-8-3-2-4-23-8/h8H,2-6H2,1H3,(H,16,20). The summed E-state index contributed by atoms with van der Waals surface area (Å²) in [7, 11) is 0. The van der Waals surface area contributed by atoms with Gasteiger partial charge >= 0.3 is 11.9 Å². The van der Waals surface area contributed by atoms with Gasteiger partial charge in [-0.05, 0) is 19.8 Å². The second-order valence-electron chi connectivity index (χ2n) is 5.13. The molecular weight excluding hydrogens is 321 g/mol. The van der Waals surface area contributed by atoms with Crippen molar-refractivity contribution in [3.63, 3.8) is 0 Å². The SMILES string of the molecule is Cc1c([N+](=O)[O-])c(C(F)(F)F)nn1CC(=O)NCC1CCCO1. The van der Waals surface area contributed by atoms with Crippen LogP contribution in [0.15, 0.2) is 0 Å². The van der Waals surface area contributed by atoms with Crippen LogP contribution in [0.5, 0.6) is 0 Å². The molecule has 1 N–H and O–H groups in total. The molecule has 8 nitrogen and oxygen atoms in total. The zero-order chi connectivity index (χ0) is 17.2. The summed E-state index contributed by atoms with van der Waals surface area (Å²) >= 11 is 0. The third-order valence-corrected chi connectivity index (χ3v) is 3.47. The van der Waals surface area contributed by atoms with Gasteiger partial charge in [-0.2, -0.15) is 18.3 Å². The van der Waals surface area contributed by atoms with E-state index in [1.165, 1.54) is 0 Å². The van der Waals surface area contributed by atoms with Crippen molar-refractivity contribution in [2.24, 2.45) is 0 Å². The van der Waals surface area contributed by atoms with Gasteiger partial charge in [-0.3, -0.25) is 19.6 Å². The van der Waals surface area contributed by atoms with E-state index in [4.69, 9.17) is 4.74 Å². The van der Waals surface area contributed by atoms with Crippen molar-refractivity contribution in [2.45, 2.75) is 38.6 Å². The zero-order valence-corrected chi connectivity index (χ0v) is 12.2. The maximum absolute atomic E-state index is 12.8. The van der Waals surface area contributed by atoms with E-state index >= 15 is 0 Å². The molecule has 1 amide bonds. The average molecular weight is 336 g/mol. The van der Waals surface area contributed by atoms with E-state index in [0.29, 0.717) is 11.3 Å². The number of nitrogens with one attached hydrogen (secondary N) is 1. The van der Waals surface area contributed by atoms with Gasteiger partial charge in [0, 0.05) is 13.2 Å². The molecule has 11 heteroatoms. The van der Waals surface area contributed by atoms with Crippen LogP contribution >= 0.6 is 0 Å². The van der Waals surface area contributed by atoms with Gasteiger partial charge in [-0.1, -0.05) is 0 Å². The van der Waals surface area contributed by atoms with E-state index in [1.807, 2.05) is 0 Å². The Morgan fingerprint density at radius 1 is 1.57 bits per heavy atom. The van der Waals surface area contributed by atoms with E-state index < -0.39 is 34.9 Å². The Morgan fingerprint density at radius 2 is 2.26 bits per heavy atom. The minimum absolute atomic E-state index is 0.113. The summed E-state index contributed by atoms with van der Waals surface area (Å²) in [6, 6.07) is 0. The molecule has 1 aromatic heterocycles. The second kappa shape index (κ2) is 6.52. The third kappa shape index (κ3) is 3.97. The highest BCUT2D eigenvalue weighted by Crippen LogP contribution is 2.36. The molecule has 0 aliphatic carbocycles. The molecular formula is C12H15F3N4O4. The lowest BCUT2D eigenvalue weighted by molar-refractivity contribution is -0.388. The fourth-order valence-electron chi connectivity index (χ4n) is 2.33. The lowest BCUT2D eigenvalue weighted by atomic mass is 10.2. The Bertz CT molecular complexity index is 608. The summed E-state index contributed by atoms with van der Waals surface area (Å²) < 4.78 is 44.4. The number of rotatable bonds is 5. The number of amides is 1. The van der Waals surface area contributed by atoms with Crippen LogP contribution in [0.3, 0.4) is 0 Å². The van der Waals surface area contributed by atoms with E-state index in [1.54, 1.807) is 0 Å². The predicted molar refractivity (Wildman–Crippen MR) is 70.6 cm³/mol. The molecule has 1 aliphatic heterocycles. The normalized spacial score (nSPS) is 18.2. The van der Waals surface area contributed by atoms with Crippen LogP contribution in [0.25, 0.3) is 0 Å². The number of aromatic nitrogens is 2. The number of carbonyl (C=O) groups is 1. The summed E-state index contributed by atoms with van der Waals surface area (Å²) in [5.41, 5.74) is -3.06. The van der Waals surface area contributed by atoms with Crippen LogP contribution in [0.2, 0.25) is 0 Å². The quantitative estimate of drug-likeness (QED) is 0.647. The molecule has 0 bridgehead atoms. The largest absolute Gasteiger partial charge is 0.442 e. The topological polar surface area (TPSA) is 99.3 Å². The van der Waals surface area contributed by atoms with E-state index in [9.17, 15) is 28.1 Å². The van der Waals surface area contributed by atoms with Gasteiger partial charge in [0.2, 0.25) is 11.6 Å². The molecule has 0 saturated carbocycles. The Labute approximate surface area is 128 Å². The van der Waals surface area contributed by atoms with Gasteiger partial charge < -0.3 is 10.1 Å². The van der Waals surface area contributed by atoms with Crippen molar-refractivity contribution in [1.82, 2.24) is 15.1 Å². The van der Waals surface area contributed by atoms with Crippen molar-refractivity contribution in [2.75, 3.05) is 13.2 Å². The van der Waals surface area contributed by atoms with Crippen LogP contribution in [0, 0.1) is 17.0 Å². The molecule has 0 radical (unpaired) electrons. The van der Waals surface area contributed by atoms with E-state index in [-0.39, 0.29) is 18.3 Å². The molecule has 1 atom stereocenters. The highest BCUT2D eigenvalue weighted by molar-refractivity contribution is 5.75. The summed E-state index contributed by atoms with van der Waals surface area (Å²) in [5.74, 6) is -0.588. The number of ether oxygens (including phenoxy) is 1. The van der Waals surface area contributed by atoms with Gasteiger partial charge in [0.15, 0.2) is 0 Å². The number of carbonyl (C=O) groups excluding carboxylic acids is 1. The Morgan fingerprint density at radius 3 is 2.74 bits per heavy atom. The Hall–Kier alpha value is -2.17. The van der Waals surface area contributed by atoms with Gasteiger partial charge in [0.25, 0.3) is 0 Å². The van der Waals surface area contributed by atoms with Crippen LogP contribution in [0.1, 0.15) is 24.2 Å². The summed E-state index contributed by atoms with van der Waals surface area (Å²) in [5, 5.41) is 16.5. The summed E-state index contributed by atoms with van der Waals surface area (Å²) in [6.07, 6.45) is -3.39. The van der Waals surface area contributed by atoms with Crippen molar-refractivity contribution in [3.05, 3.63) is 21.5 Å². The van der Waals surface area contributed by atoms with Crippen LogP contribution in [0.4, 0.5) is 18.9 Å². The first-order chi connectivity index (χ1) is 10.7. The molecule has 1 aliphatic rings. The van der Waals surface area contributed by atoms with Gasteiger partial charge in [-0.15, -0.1) is 0 Å². The Kier molecular flexibility index (Phi) is 4.88. The number of nitrogens with zero attached hydrogens (tertiary/aromatic N) is 3. The van der Waals surface area contributed by atoms with E-state index in [2.05, 4.69) is 10.4 Å². The van der Waals surface area contributed by atoms with Crippen molar-refractivity contribution in [3.8, 4) is 0 Å². The van der Waals surface area contributed by atoms with Crippen LogP contribution < -0.4 is 5.32 Å². The monoisotopic (exact) mass is 336 g/mol.